The zero-order valence-electron chi connectivity index (χ0n) is 22.4. The van der Waals surface area contributed by atoms with Crippen LogP contribution in [0, 0.1) is 5.82 Å². The Morgan fingerprint density at radius 1 is 1.10 bits per heavy atom. The summed E-state index contributed by atoms with van der Waals surface area (Å²) in [6, 6.07) is 12.1. The zero-order valence-corrected chi connectivity index (χ0v) is 22.4. The van der Waals surface area contributed by atoms with Gasteiger partial charge in [0, 0.05) is 20.0 Å². The largest absolute Gasteiger partial charge is 0.493 e. The van der Waals surface area contributed by atoms with E-state index in [1.807, 2.05) is 29.2 Å². The molecule has 3 aliphatic rings. The van der Waals surface area contributed by atoms with Gasteiger partial charge in [-0.3, -0.25) is 9.69 Å². The third kappa shape index (κ3) is 7.65. The molecule has 2 atom stereocenters. The van der Waals surface area contributed by atoms with Crippen molar-refractivity contribution in [2.45, 2.75) is 19.1 Å². The summed E-state index contributed by atoms with van der Waals surface area (Å²) in [4.78, 5) is 37.0. The van der Waals surface area contributed by atoms with Crippen molar-refractivity contribution in [3.8, 4) is 11.5 Å². The molecular formula is C27H33FN4O8. The topological polar surface area (TPSA) is 128 Å². The van der Waals surface area contributed by atoms with Gasteiger partial charge in [-0.1, -0.05) is 12.1 Å². The Labute approximate surface area is 231 Å². The summed E-state index contributed by atoms with van der Waals surface area (Å²) in [6.07, 6.45) is -1.61. The molecule has 0 aromatic heterocycles. The van der Waals surface area contributed by atoms with Crippen molar-refractivity contribution in [2.24, 2.45) is 0 Å². The molecule has 3 aliphatic heterocycles. The second-order valence-electron chi connectivity index (χ2n) is 9.16. The van der Waals surface area contributed by atoms with Crippen LogP contribution in [0.5, 0.6) is 11.5 Å². The first-order valence-corrected chi connectivity index (χ1v) is 12.9. The van der Waals surface area contributed by atoms with Crippen LogP contribution in [0.1, 0.15) is 6.92 Å². The Morgan fingerprint density at radius 2 is 1.85 bits per heavy atom. The van der Waals surface area contributed by atoms with E-state index in [9.17, 15) is 18.8 Å². The van der Waals surface area contributed by atoms with Gasteiger partial charge in [-0.25, -0.2) is 14.0 Å². The summed E-state index contributed by atoms with van der Waals surface area (Å²) in [5.41, 5.74) is 0.948. The van der Waals surface area contributed by atoms with Crippen molar-refractivity contribution in [3.05, 3.63) is 48.3 Å². The Bertz CT molecular complexity index is 1190. The quantitative estimate of drug-likeness (QED) is 0.500. The zero-order chi connectivity index (χ0) is 28.5. The van der Waals surface area contributed by atoms with E-state index < -0.39 is 18.3 Å². The number of ether oxygens (including phenoxy) is 5. The minimum atomic E-state index is -0.538. The minimum absolute atomic E-state index is 0.189. The van der Waals surface area contributed by atoms with Crippen LogP contribution in [0.15, 0.2) is 42.5 Å². The molecule has 3 amide bonds. The molecule has 3 fully saturated rings. The van der Waals surface area contributed by atoms with Crippen LogP contribution < -0.4 is 29.9 Å². The number of carbonyl (C=O) groups is 3. The highest BCUT2D eigenvalue weighted by Crippen LogP contribution is 2.28. The maximum Gasteiger partial charge on any atom is 0.414 e. The standard InChI is InChI=1S/C16H20FN3O4.C11H13NO4/c1-11(21)18-9-13-10-20(16(22)24-13)12-2-3-15(14(17)8-12)19-4-6-23-7-5-19;1-14-9-4-2-3-5-10(9)15-7-8-6-12-11(13)16-8/h2-3,8,13H,4-7,9-10H2,1H3,(H,18,21);2-5,8H,6-7H2,1H3,(H,12,13)/t13-;/m0./s1. The minimum Gasteiger partial charge on any atom is -0.493 e. The maximum atomic E-state index is 14.4. The molecule has 5 rings (SSSR count). The van der Waals surface area contributed by atoms with Gasteiger partial charge in [-0.05, 0) is 30.3 Å². The smallest absolute Gasteiger partial charge is 0.414 e. The second kappa shape index (κ2) is 13.7. The lowest BCUT2D eigenvalue weighted by Crippen LogP contribution is -2.36. The van der Waals surface area contributed by atoms with Crippen molar-refractivity contribution < 1.29 is 42.5 Å². The first-order chi connectivity index (χ1) is 19.3. The lowest BCUT2D eigenvalue weighted by atomic mass is 10.2. The van der Waals surface area contributed by atoms with Crippen LogP contribution in [0.25, 0.3) is 0 Å². The van der Waals surface area contributed by atoms with E-state index in [1.165, 1.54) is 17.9 Å². The number of para-hydroxylation sites is 2. The molecule has 0 aliphatic carbocycles. The van der Waals surface area contributed by atoms with E-state index in [0.29, 0.717) is 62.3 Å². The van der Waals surface area contributed by atoms with Gasteiger partial charge >= 0.3 is 12.2 Å². The van der Waals surface area contributed by atoms with E-state index in [1.54, 1.807) is 19.2 Å². The number of nitrogens with one attached hydrogen (secondary N) is 2. The van der Waals surface area contributed by atoms with Crippen molar-refractivity contribution in [1.29, 1.82) is 0 Å². The van der Waals surface area contributed by atoms with Gasteiger partial charge in [0.15, 0.2) is 17.6 Å². The number of methoxy groups -OCH3 is 1. The predicted molar refractivity (Wildman–Crippen MR) is 142 cm³/mol. The number of hydrogen-bond donors (Lipinski definition) is 2. The number of halogens is 1. The molecule has 2 N–H and O–H groups in total. The Hall–Kier alpha value is -4.26. The van der Waals surface area contributed by atoms with Crippen LogP contribution in [-0.4, -0.2) is 90.0 Å². The van der Waals surface area contributed by atoms with Gasteiger partial charge in [0.1, 0.15) is 18.5 Å². The predicted octanol–water partition coefficient (Wildman–Crippen LogP) is 2.31. The number of morpholine rings is 1. The van der Waals surface area contributed by atoms with Gasteiger partial charge in [0.2, 0.25) is 5.91 Å². The molecule has 2 aromatic carbocycles. The summed E-state index contributed by atoms with van der Waals surface area (Å²) < 4.78 is 40.5. The highest BCUT2D eigenvalue weighted by Gasteiger charge is 2.33. The monoisotopic (exact) mass is 560 g/mol. The fraction of sp³-hybridized carbons (Fsp3) is 0.444. The van der Waals surface area contributed by atoms with Crippen molar-refractivity contribution in [3.63, 3.8) is 0 Å². The van der Waals surface area contributed by atoms with Gasteiger partial charge in [-0.15, -0.1) is 0 Å². The molecule has 0 radical (unpaired) electrons. The van der Waals surface area contributed by atoms with E-state index >= 15 is 0 Å². The van der Waals surface area contributed by atoms with Crippen molar-refractivity contribution in [2.75, 3.05) is 69.5 Å². The van der Waals surface area contributed by atoms with Gasteiger partial charge in [0.05, 0.1) is 51.3 Å². The van der Waals surface area contributed by atoms with Crippen LogP contribution in [0.3, 0.4) is 0 Å². The van der Waals surface area contributed by atoms with Gasteiger partial charge in [-0.2, -0.15) is 0 Å². The van der Waals surface area contributed by atoms with Gasteiger partial charge in [0.25, 0.3) is 0 Å². The molecule has 3 saturated heterocycles. The van der Waals surface area contributed by atoms with E-state index in [0.717, 1.165) is 0 Å². The summed E-state index contributed by atoms with van der Waals surface area (Å²) in [7, 11) is 1.58. The van der Waals surface area contributed by atoms with E-state index in [4.69, 9.17) is 23.7 Å². The molecule has 13 heteroatoms. The molecule has 0 saturated carbocycles. The molecular weight excluding hydrogens is 527 g/mol. The summed E-state index contributed by atoms with van der Waals surface area (Å²) >= 11 is 0. The molecule has 216 valence electrons. The molecule has 2 aromatic rings. The number of alkyl carbamates (subject to hydrolysis) is 1. The molecule has 0 spiro atoms. The molecule has 12 nitrogen and oxygen atoms in total. The lowest BCUT2D eigenvalue weighted by molar-refractivity contribution is -0.119. The number of carbonyl (C=O) groups excluding carboxylic acids is 3. The second-order valence-corrected chi connectivity index (χ2v) is 9.16. The maximum absolute atomic E-state index is 14.4. The summed E-state index contributed by atoms with van der Waals surface area (Å²) in [6.45, 7) is 5.14. The average molecular weight is 561 g/mol. The van der Waals surface area contributed by atoms with Crippen molar-refractivity contribution >= 4 is 29.5 Å². The van der Waals surface area contributed by atoms with Crippen LogP contribution in [0.4, 0.5) is 25.4 Å². The number of rotatable bonds is 8. The molecule has 40 heavy (non-hydrogen) atoms. The number of amides is 3. The van der Waals surface area contributed by atoms with Crippen molar-refractivity contribution in [1.82, 2.24) is 10.6 Å². The first kappa shape index (κ1) is 28.7. The number of benzene rings is 2. The number of cyclic esters (lactones) is 2. The van der Waals surface area contributed by atoms with E-state index in [2.05, 4.69) is 10.6 Å². The number of hydrogen-bond acceptors (Lipinski definition) is 9. The molecule has 1 unspecified atom stereocenters. The Morgan fingerprint density at radius 3 is 2.50 bits per heavy atom. The Kier molecular flexibility index (Phi) is 9.84. The van der Waals surface area contributed by atoms with Crippen LogP contribution in [-0.2, 0) is 19.0 Å². The van der Waals surface area contributed by atoms with Crippen LogP contribution in [0.2, 0.25) is 0 Å². The summed E-state index contributed by atoms with van der Waals surface area (Å²) in [5.74, 6) is 0.741. The van der Waals surface area contributed by atoms with E-state index in [-0.39, 0.29) is 30.9 Å². The highest BCUT2D eigenvalue weighted by atomic mass is 19.1. The number of anilines is 2. The highest BCUT2D eigenvalue weighted by molar-refractivity contribution is 5.90. The lowest BCUT2D eigenvalue weighted by Gasteiger charge is -2.29. The van der Waals surface area contributed by atoms with Crippen LogP contribution >= 0.6 is 0 Å². The van der Waals surface area contributed by atoms with Gasteiger partial charge < -0.3 is 39.2 Å². The third-order valence-corrected chi connectivity index (χ3v) is 6.29. The number of nitrogens with zero attached hydrogens (tertiary/aromatic N) is 2. The fourth-order valence-electron chi connectivity index (χ4n) is 4.27. The molecule has 3 heterocycles. The Balaban J connectivity index is 0.000000201. The SMILES string of the molecule is CC(=O)NC[C@H]1CN(c2ccc(N3CCOCC3)c(F)c2)C(=O)O1.COc1ccccc1OCC1CNC(=O)O1. The average Bonchev–Trinajstić information content (AvgIpc) is 3.56. The first-order valence-electron chi connectivity index (χ1n) is 12.9. The summed E-state index contributed by atoms with van der Waals surface area (Å²) in [5, 5.41) is 5.17. The third-order valence-electron chi connectivity index (χ3n) is 6.29. The fourth-order valence-corrected chi connectivity index (χ4v) is 4.27. The molecule has 0 bridgehead atoms. The normalized spacial score (nSPS) is 20.1.